The van der Waals surface area contributed by atoms with E-state index < -0.39 is 12.6 Å². The van der Waals surface area contributed by atoms with Crippen molar-refractivity contribution in [3.63, 3.8) is 0 Å². The van der Waals surface area contributed by atoms with Crippen molar-refractivity contribution >= 4 is 16.9 Å². The average molecular weight is 445 g/mol. The number of amides is 1. The monoisotopic (exact) mass is 444 g/mol. The topological polar surface area (TPSA) is 62.8 Å². The number of para-hydroxylation sites is 2. The van der Waals surface area contributed by atoms with E-state index in [0.717, 1.165) is 22.2 Å². The van der Waals surface area contributed by atoms with Crippen LogP contribution in [0.3, 0.4) is 0 Å². The van der Waals surface area contributed by atoms with Crippen LogP contribution in [-0.2, 0) is 17.8 Å². The molecule has 1 heterocycles. The first-order valence-corrected chi connectivity index (χ1v) is 11.1. The molecule has 170 valence electrons. The lowest BCUT2D eigenvalue weighted by molar-refractivity contribution is -0.122. The van der Waals surface area contributed by atoms with Gasteiger partial charge in [0.15, 0.2) is 6.67 Å². The van der Waals surface area contributed by atoms with E-state index >= 15 is 0 Å². The Labute approximate surface area is 193 Å². The predicted octanol–water partition coefficient (Wildman–Crippen LogP) is 4.46. The van der Waals surface area contributed by atoms with Gasteiger partial charge in [-0.15, -0.1) is 0 Å². The zero-order valence-electron chi connectivity index (χ0n) is 19.0. The summed E-state index contributed by atoms with van der Waals surface area (Å²) in [5.41, 5.74) is 6.80. The lowest BCUT2D eigenvalue weighted by Crippen LogP contribution is -2.37. The van der Waals surface area contributed by atoms with Crippen LogP contribution in [-0.4, -0.2) is 28.3 Å². The van der Waals surface area contributed by atoms with E-state index in [0.29, 0.717) is 18.6 Å². The molecule has 4 aromatic rings. The molecular formula is C27H29FN4O. The van der Waals surface area contributed by atoms with E-state index in [1.54, 1.807) is 0 Å². The number of nitrogens with one attached hydrogen (secondary N) is 2. The summed E-state index contributed by atoms with van der Waals surface area (Å²) in [7, 11) is 0. The minimum Gasteiger partial charge on any atom is -0.352 e. The molecule has 0 unspecified atom stereocenters. The number of fused-ring (bicyclic) bond motifs is 1. The summed E-state index contributed by atoms with van der Waals surface area (Å²) in [6.07, 6.45) is 0.613. The predicted molar refractivity (Wildman–Crippen MR) is 129 cm³/mol. The minimum absolute atomic E-state index is 0.236. The molecule has 4 rings (SSSR count). The first kappa shape index (κ1) is 22.5. The first-order valence-electron chi connectivity index (χ1n) is 11.1. The van der Waals surface area contributed by atoms with Crippen molar-refractivity contribution in [2.45, 2.75) is 32.9 Å². The van der Waals surface area contributed by atoms with Crippen LogP contribution in [0.2, 0.25) is 0 Å². The second kappa shape index (κ2) is 9.86. The van der Waals surface area contributed by atoms with E-state index in [1.807, 2.05) is 40.3 Å². The Morgan fingerprint density at radius 2 is 1.48 bits per heavy atom. The molecule has 2 N–H and O–H groups in total. The molecule has 6 heteroatoms. The number of imidazole rings is 1. The molecule has 0 aliphatic rings. The number of hydrogen-bond acceptors (Lipinski definition) is 2. The number of benzene rings is 3. The zero-order chi connectivity index (χ0) is 23.4. The third-order valence-electron chi connectivity index (χ3n) is 5.99. The second-order valence-corrected chi connectivity index (χ2v) is 8.54. The molecule has 5 nitrogen and oxygen atoms in total. The Morgan fingerprint density at radius 3 is 2.09 bits per heavy atom. The van der Waals surface area contributed by atoms with Gasteiger partial charge in [-0.25, -0.2) is 4.39 Å². The van der Waals surface area contributed by atoms with Crippen LogP contribution < -0.4 is 10.9 Å². The lowest BCUT2D eigenvalue weighted by Gasteiger charge is -2.20. The van der Waals surface area contributed by atoms with Crippen LogP contribution in [0.1, 0.15) is 28.3 Å². The summed E-state index contributed by atoms with van der Waals surface area (Å²) in [6.45, 7) is 3.86. The highest BCUT2D eigenvalue weighted by atomic mass is 19.1. The van der Waals surface area contributed by atoms with Crippen LogP contribution in [0.25, 0.3) is 11.0 Å². The van der Waals surface area contributed by atoms with E-state index in [4.69, 9.17) is 5.41 Å². The number of halogens is 1. The molecule has 33 heavy (non-hydrogen) atoms. The van der Waals surface area contributed by atoms with Crippen molar-refractivity contribution in [2.24, 2.45) is 0 Å². The Hall–Kier alpha value is -3.67. The summed E-state index contributed by atoms with van der Waals surface area (Å²) in [4.78, 5) is 11.7. The summed E-state index contributed by atoms with van der Waals surface area (Å²) in [5.74, 6) is -0.639. The molecule has 0 radical (unpaired) electrons. The number of alkyl halides is 1. The van der Waals surface area contributed by atoms with Crippen LogP contribution in [0, 0.1) is 19.3 Å². The Morgan fingerprint density at radius 1 is 0.909 bits per heavy atom. The van der Waals surface area contributed by atoms with Crippen molar-refractivity contribution in [3.8, 4) is 0 Å². The first-order chi connectivity index (χ1) is 16.0. The van der Waals surface area contributed by atoms with Crippen LogP contribution >= 0.6 is 0 Å². The van der Waals surface area contributed by atoms with Crippen molar-refractivity contribution in [2.75, 3.05) is 13.2 Å². The fraction of sp³-hybridized carbons (Fsp3) is 0.259. The minimum atomic E-state index is -1.05. The molecule has 0 fully saturated rings. The summed E-state index contributed by atoms with van der Waals surface area (Å²) in [5, 5.41) is 11.8. The molecule has 1 aromatic heterocycles. The summed E-state index contributed by atoms with van der Waals surface area (Å²) in [6, 6.07) is 24.3. The number of aryl methyl sites for hydroxylation is 2. The molecule has 0 saturated carbocycles. The summed E-state index contributed by atoms with van der Waals surface area (Å²) >= 11 is 0. The quantitative estimate of drug-likeness (QED) is 0.414. The molecule has 1 atom stereocenters. The number of nitrogens with zero attached hydrogens (tertiary/aromatic N) is 2. The number of carbonyl (C=O) groups excluding carboxylic acids is 1. The Balaban J connectivity index is 1.78. The lowest BCUT2D eigenvalue weighted by atomic mass is 10.0. The van der Waals surface area contributed by atoms with Crippen LogP contribution in [0.5, 0.6) is 0 Å². The SMILES string of the molecule is Cc1ccc(C[C@@H](CNC(=O)CF)n2c(=N)n(Cc3ccc(C)cc3)c3ccccc32)cc1. The van der Waals surface area contributed by atoms with Gasteiger partial charge >= 0.3 is 0 Å². The van der Waals surface area contributed by atoms with Crippen molar-refractivity contribution in [3.05, 3.63) is 101 Å². The maximum Gasteiger partial charge on any atom is 0.251 e. The average Bonchev–Trinajstić information content (AvgIpc) is 3.10. The largest absolute Gasteiger partial charge is 0.352 e. The molecule has 0 aliphatic heterocycles. The van der Waals surface area contributed by atoms with Crippen LogP contribution in [0.4, 0.5) is 4.39 Å². The fourth-order valence-electron chi connectivity index (χ4n) is 4.19. The van der Waals surface area contributed by atoms with Gasteiger partial charge in [-0.2, -0.15) is 0 Å². The van der Waals surface area contributed by atoms with Gasteiger partial charge in [0.1, 0.15) is 0 Å². The maximum atomic E-state index is 12.9. The van der Waals surface area contributed by atoms with Gasteiger partial charge in [-0.3, -0.25) is 10.2 Å². The third-order valence-corrected chi connectivity index (χ3v) is 5.99. The standard InChI is InChI=1S/C27H29FN4O/c1-19-7-11-21(12-8-19)15-23(17-30-26(33)16-28)32-25-6-4-3-5-24(25)31(27(32)29)18-22-13-9-20(2)10-14-22/h3-14,23,29H,15-18H2,1-2H3,(H,30,33)/t23-/m0/s1. The molecule has 1 amide bonds. The van der Waals surface area contributed by atoms with Crippen molar-refractivity contribution in [1.82, 2.24) is 14.5 Å². The molecule has 3 aromatic carbocycles. The molecule has 0 bridgehead atoms. The maximum absolute atomic E-state index is 12.9. The van der Waals surface area contributed by atoms with Gasteiger partial charge < -0.3 is 14.5 Å². The number of rotatable bonds is 8. The zero-order valence-corrected chi connectivity index (χ0v) is 19.0. The third kappa shape index (κ3) is 5.06. The molecular weight excluding hydrogens is 415 g/mol. The number of aromatic nitrogens is 2. The van der Waals surface area contributed by atoms with E-state index in [2.05, 4.69) is 60.8 Å². The van der Waals surface area contributed by atoms with E-state index in [1.165, 1.54) is 11.1 Å². The smallest absolute Gasteiger partial charge is 0.251 e. The molecule has 0 spiro atoms. The van der Waals surface area contributed by atoms with Gasteiger partial charge in [0.05, 0.1) is 23.6 Å². The van der Waals surface area contributed by atoms with Crippen molar-refractivity contribution in [1.29, 1.82) is 5.41 Å². The molecule has 0 saturated heterocycles. The molecule has 0 aliphatic carbocycles. The summed E-state index contributed by atoms with van der Waals surface area (Å²) < 4.78 is 16.8. The highest BCUT2D eigenvalue weighted by Gasteiger charge is 2.20. The van der Waals surface area contributed by atoms with E-state index in [-0.39, 0.29) is 12.6 Å². The number of carbonyl (C=O) groups is 1. The van der Waals surface area contributed by atoms with Gasteiger partial charge in [0, 0.05) is 6.54 Å². The van der Waals surface area contributed by atoms with Crippen molar-refractivity contribution < 1.29 is 9.18 Å². The fourth-order valence-corrected chi connectivity index (χ4v) is 4.19. The number of hydrogen-bond donors (Lipinski definition) is 2. The second-order valence-electron chi connectivity index (χ2n) is 8.54. The van der Waals surface area contributed by atoms with Gasteiger partial charge in [-0.05, 0) is 43.5 Å². The van der Waals surface area contributed by atoms with Gasteiger partial charge in [0.25, 0.3) is 5.91 Å². The Bertz CT molecular complexity index is 1300. The highest BCUT2D eigenvalue weighted by molar-refractivity contribution is 5.77. The normalized spacial score (nSPS) is 12.1. The Kier molecular flexibility index (Phi) is 6.73. The van der Waals surface area contributed by atoms with Gasteiger partial charge in [-0.1, -0.05) is 71.8 Å². The van der Waals surface area contributed by atoms with Crippen LogP contribution in [0.15, 0.2) is 72.8 Å². The highest BCUT2D eigenvalue weighted by Crippen LogP contribution is 2.21. The van der Waals surface area contributed by atoms with Gasteiger partial charge in [0.2, 0.25) is 5.62 Å². The van der Waals surface area contributed by atoms with E-state index in [9.17, 15) is 9.18 Å².